The van der Waals surface area contributed by atoms with E-state index in [4.69, 9.17) is 0 Å². The monoisotopic (exact) mass is 264 g/mol. The van der Waals surface area contributed by atoms with Crippen molar-refractivity contribution in [1.82, 2.24) is 5.32 Å². The number of halogens is 1. The summed E-state index contributed by atoms with van der Waals surface area (Å²) >= 11 is 0. The van der Waals surface area contributed by atoms with Gasteiger partial charge in [-0.2, -0.15) is 0 Å². The van der Waals surface area contributed by atoms with Gasteiger partial charge in [-0.05, 0) is 56.0 Å². The fraction of sp³-hybridized carbons (Fsp3) is 0.625. The lowest BCUT2D eigenvalue weighted by molar-refractivity contribution is 0.477. The molecule has 1 aliphatic rings. The molecule has 1 unspecified atom stereocenters. The van der Waals surface area contributed by atoms with E-state index in [2.05, 4.69) is 24.1 Å². The summed E-state index contributed by atoms with van der Waals surface area (Å²) in [6.45, 7) is 10.5. The van der Waals surface area contributed by atoms with Crippen LogP contribution in [0.15, 0.2) is 18.2 Å². The Kier molecular flexibility index (Phi) is 4.81. The molecule has 0 aliphatic carbocycles. The van der Waals surface area contributed by atoms with Crippen LogP contribution < -0.4 is 10.2 Å². The van der Waals surface area contributed by atoms with Gasteiger partial charge in [0.25, 0.3) is 0 Å². The largest absolute Gasteiger partial charge is 0.369 e. The second-order valence-corrected chi connectivity index (χ2v) is 6.11. The van der Waals surface area contributed by atoms with Gasteiger partial charge in [0.15, 0.2) is 0 Å². The molecule has 1 saturated heterocycles. The van der Waals surface area contributed by atoms with Crippen molar-refractivity contribution in [2.45, 2.75) is 27.2 Å². The molecule has 1 N–H and O–H groups in total. The Morgan fingerprint density at radius 2 is 2.21 bits per heavy atom. The fourth-order valence-corrected chi connectivity index (χ4v) is 2.66. The number of anilines is 1. The average molecular weight is 264 g/mol. The van der Waals surface area contributed by atoms with E-state index in [0.717, 1.165) is 43.9 Å². The third-order valence-corrected chi connectivity index (χ3v) is 3.71. The molecule has 0 radical (unpaired) electrons. The summed E-state index contributed by atoms with van der Waals surface area (Å²) in [5.74, 6) is 1.23. The van der Waals surface area contributed by atoms with E-state index < -0.39 is 0 Å². The zero-order valence-electron chi connectivity index (χ0n) is 12.2. The van der Waals surface area contributed by atoms with Crippen LogP contribution in [0.2, 0.25) is 0 Å². The van der Waals surface area contributed by atoms with E-state index in [1.165, 1.54) is 0 Å². The first-order valence-electron chi connectivity index (χ1n) is 7.28. The number of nitrogens with one attached hydrogen (secondary N) is 1. The quantitative estimate of drug-likeness (QED) is 0.878. The Bertz CT molecular complexity index is 417. The molecule has 0 bridgehead atoms. The van der Waals surface area contributed by atoms with Crippen molar-refractivity contribution in [3.05, 3.63) is 29.6 Å². The highest BCUT2D eigenvalue weighted by molar-refractivity contribution is 5.50. The molecule has 2 nitrogen and oxygen atoms in total. The van der Waals surface area contributed by atoms with Gasteiger partial charge >= 0.3 is 0 Å². The Morgan fingerprint density at radius 1 is 1.42 bits per heavy atom. The lowest BCUT2D eigenvalue weighted by Crippen LogP contribution is -2.29. The number of hydrogen-bond donors (Lipinski definition) is 1. The minimum atomic E-state index is -0.0959. The van der Waals surface area contributed by atoms with Crippen molar-refractivity contribution < 1.29 is 4.39 Å². The molecule has 19 heavy (non-hydrogen) atoms. The van der Waals surface area contributed by atoms with Crippen LogP contribution in [0.4, 0.5) is 10.1 Å². The van der Waals surface area contributed by atoms with Crippen molar-refractivity contribution >= 4 is 5.69 Å². The van der Waals surface area contributed by atoms with Crippen LogP contribution in [0.1, 0.15) is 25.8 Å². The second-order valence-electron chi connectivity index (χ2n) is 6.11. The van der Waals surface area contributed by atoms with Gasteiger partial charge in [0.05, 0.1) is 5.69 Å². The first-order chi connectivity index (χ1) is 9.06. The molecule has 3 heteroatoms. The lowest BCUT2D eigenvalue weighted by atomic mass is 10.1. The van der Waals surface area contributed by atoms with E-state index in [-0.39, 0.29) is 5.82 Å². The van der Waals surface area contributed by atoms with Gasteiger partial charge in [-0.15, -0.1) is 0 Å². The van der Waals surface area contributed by atoms with Crippen molar-refractivity contribution in [3.63, 3.8) is 0 Å². The van der Waals surface area contributed by atoms with E-state index in [0.29, 0.717) is 11.8 Å². The molecule has 1 fully saturated rings. The molecule has 0 saturated carbocycles. The molecule has 106 valence electrons. The molecular weight excluding hydrogens is 239 g/mol. The van der Waals surface area contributed by atoms with Gasteiger partial charge in [-0.3, -0.25) is 0 Å². The molecule has 0 amide bonds. The summed E-state index contributed by atoms with van der Waals surface area (Å²) in [4.78, 5) is 2.18. The number of nitrogens with zero attached hydrogens (tertiary/aromatic N) is 1. The second kappa shape index (κ2) is 6.38. The predicted octanol–water partition coefficient (Wildman–Crippen LogP) is 3.21. The molecule has 1 atom stereocenters. The minimum absolute atomic E-state index is 0.0959. The maximum absolute atomic E-state index is 13.8. The third kappa shape index (κ3) is 3.93. The van der Waals surface area contributed by atoms with Gasteiger partial charge in [0.2, 0.25) is 0 Å². The maximum atomic E-state index is 13.8. The highest BCUT2D eigenvalue weighted by atomic mass is 19.1. The summed E-state index contributed by atoms with van der Waals surface area (Å²) in [5.41, 5.74) is 1.89. The molecule has 0 aromatic heterocycles. The Hall–Kier alpha value is -1.09. The number of benzene rings is 1. The van der Waals surface area contributed by atoms with Crippen LogP contribution in [-0.4, -0.2) is 26.2 Å². The van der Waals surface area contributed by atoms with E-state index in [9.17, 15) is 4.39 Å². The van der Waals surface area contributed by atoms with E-state index in [1.54, 1.807) is 6.07 Å². The Morgan fingerprint density at radius 3 is 2.95 bits per heavy atom. The normalized spacial score (nSPS) is 19.4. The summed E-state index contributed by atoms with van der Waals surface area (Å²) in [5, 5.41) is 3.50. The minimum Gasteiger partial charge on any atom is -0.369 e. The van der Waals surface area contributed by atoms with Gasteiger partial charge < -0.3 is 10.2 Å². The molecule has 1 aromatic rings. The first-order valence-corrected chi connectivity index (χ1v) is 7.28. The zero-order chi connectivity index (χ0) is 13.8. The molecule has 1 heterocycles. The van der Waals surface area contributed by atoms with Crippen LogP contribution >= 0.6 is 0 Å². The smallest absolute Gasteiger partial charge is 0.146 e. The molecule has 1 aliphatic heterocycles. The van der Waals surface area contributed by atoms with Gasteiger partial charge in [0.1, 0.15) is 5.82 Å². The van der Waals surface area contributed by atoms with Crippen LogP contribution in [0, 0.1) is 24.6 Å². The summed E-state index contributed by atoms with van der Waals surface area (Å²) in [6.07, 6.45) is 1.15. The van der Waals surface area contributed by atoms with Crippen molar-refractivity contribution in [3.8, 4) is 0 Å². The number of hydrogen-bond acceptors (Lipinski definition) is 2. The molecular formula is C16H25FN2. The first kappa shape index (κ1) is 14.3. The van der Waals surface area contributed by atoms with Gasteiger partial charge in [-0.25, -0.2) is 4.39 Å². The predicted molar refractivity (Wildman–Crippen MR) is 79.2 cm³/mol. The van der Waals surface area contributed by atoms with Crippen LogP contribution in [0.5, 0.6) is 0 Å². The SMILES string of the molecule is Cc1ccc(F)c(N2CCC(CNCC(C)C)C2)c1. The van der Waals surface area contributed by atoms with E-state index in [1.807, 2.05) is 19.1 Å². The highest BCUT2D eigenvalue weighted by Crippen LogP contribution is 2.26. The lowest BCUT2D eigenvalue weighted by Gasteiger charge is -2.20. The standard InChI is InChI=1S/C16H25FN2/c1-12(2)9-18-10-14-6-7-19(11-14)16-8-13(3)4-5-15(16)17/h4-5,8,12,14,18H,6-7,9-11H2,1-3H3. The van der Waals surface area contributed by atoms with Crippen molar-refractivity contribution in [1.29, 1.82) is 0 Å². The topological polar surface area (TPSA) is 15.3 Å². The third-order valence-electron chi connectivity index (χ3n) is 3.71. The van der Waals surface area contributed by atoms with Gasteiger partial charge in [0, 0.05) is 13.1 Å². The van der Waals surface area contributed by atoms with Crippen LogP contribution in [0.25, 0.3) is 0 Å². The van der Waals surface area contributed by atoms with Crippen LogP contribution in [0.3, 0.4) is 0 Å². The summed E-state index contributed by atoms with van der Waals surface area (Å²) < 4.78 is 13.8. The van der Waals surface area contributed by atoms with Gasteiger partial charge in [-0.1, -0.05) is 19.9 Å². The van der Waals surface area contributed by atoms with Crippen LogP contribution in [-0.2, 0) is 0 Å². The van der Waals surface area contributed by atoms with Crippen molar-refractivity contribution in [2.24, 2.45) is 11.8 Å². The molecule has 0 spiro atoms. The Balaban J connectivity index is 1.89. The van der Waals surface area contributed by atoms with E-state index >= 15 is 0 Å². The fourth-order valence-electron chi connectivity index (χ4n) is 2.66. The Labute approximate surface area is 116 Å². The zero-order valence-corrected chi connectivity index (χ0v) is 12.2. The summed E-state index contributed by atoms with van der Waals surface area (Å²) in [7, 11) is 0. The molecule has 2 rings (SSSR count). The summed E-state index contributed by atoms with van der Waals surface area (Å²) in [6, 6.07) is 5.37. The maximum Gasteiger partial charge on any atom is 0.146 e. The van der Waals surface area contributed by atoms with Crippen molar-refractivity contribution in [2.75, 3.05) is 31.1 Å². The number of rotatable bonds is 5. The highest BCUT2D eigenvalue weighted by Gasteiger charge is 2.24. The molecule has 1 aromatic carbocycles. The number of aryl methyl sites for hydroxylation is 1. The average Bonchev–Trinajstić information content (AvgIpc) is 2.80.